The molecule has 4 aliphatic heterocycles. The molecule has 1 unspecified atom stereocenters. The highest BCUT2D eigenvalue weighted by Crippen LogP contribution is 2.59. The van der Waals surface area contributed by atoms with Crippen LogP contribution in [0.5, 0.6) is 0 Å². The number of carbonyl (C=O) groups excluding carboxylic acids is 3. The molecule has 2 saturated heterocycles. The highest BCUT2D eigenvalue weighted by molar-refractivity contribution is 6.00. The molecule has 1 aromatic carbocycles. The number of hydrogen-bond donors (Lipinski definition) is 1. The first kappa shape index (κ1) is 28.5. The van der Waals surface area contributed by atoms with E-state index in [4.69, 9.17) is 4.74 Å². The number of nitrogens with zero attached hydrogens (tertiary/aromatic N) is 6. The molecule has 0 bridgehead atoms. The van der Waals surface area contributed by atoms with E-state index >= 15 is 0 Å². The van der Waals surface area contributed by atoms with Crippen LogP contribution >= 0.6 is 0 Å². The largest absolute Gasteiger partial charge is 0.394 e. The third-order valence-corrected chi connectivity index (χ3v) is 9.58. The van der Waals surface area contributed by atoms with Gasteiger partial charge in [0.2, 0.25) is 11.8 Å². The summed E-state index contributed by atoms with van der Waals surface area (Å²) in [6.07, 6.45) is 8.89. The highest BCUT2D eigenvalue weighted by atomic mass is 16.5. The molecule has 1 aromatic heterocycles. The molecule has 11 nitrogen and oxygen atoms in total. The van der Waals surface area contributed by atoms with E-state index in [1.165, 1.54) is 4.90 Å². The number of hydrogen-bond acceptors (Lipinski definition) is 7. The van der Waals surface area contributed by atoms with Crippen molar-refractivity contribution in [3.05, 3.63) is 48.6 Å². The summed E-state index contributed by atoms with van der Waals surface area (Å²) < 4.78 is 8.70. The first-order valence-corrected chi connectivity index (χ1v) is 15.1. The molecule has 42 heavy (non-hydrogen) atoms. The summed E-state index contributed by atoms with van der Waals surface area (Å²) in [5, 5.41) is 19.0. The van der Waals surface area contributed by atoms with Crippen LogP contribution in [0.1, 0.15) is 40.5 Å². The minimum Gasteiger partial charge on any atom is -0.394 e. The predicted molar refractivity (Wildman–Crippen MR) is 155 cm³/mol. The molecule has 4 aliphatic rings. The topological polar surface area (TPSA) is 121 Å². The summed E-state index contributed by atoms with van der Waals surface area (Å²) >= 11 is 0. The quantitative estimate of drug-likeness (QED) is 0.477. The molecular formula is C31H40N6O5. The lowest BCUT2D eigenvalue weighted by atomic mass is 9.73. The second-order valence-corrected chi connectivity index (χ2v) is 12.2. The number of ether oxygens (including phenoxy) is 1. The molecule has 2 aromatic rings. The lowest BCUT2D eigenvalue weighted by Gasteiger charge is -2.41. The second kappa shape index (κ2) is 10.6. The summed E-state index contributed by atoms with van der Waals surface area (Å²) in [6, 6.07) is 5.85. The Morgan fingerprint density at radius 1 is 1.00 bits per heavy atom. The number of aliphatic hydroxyl groups excluding tert-OH is 1. The Morgan fingerprint density at radius 2 is 1.74 bits per heavy atom. The average Bonchev–Trinajstić information content (AvgIpc) is 3.52. The van der Waals surface area contributed by atoms with E-state index in [9.17, 15) is 19.5 Å². The maximum Gasteiger partial charge on any atom is 0.250 e. The van der Waals surface area contributed by atoms with Crippen molar-refractivity contribution >= 4 is 28.8 Å². The third-order valence-electron chi connectivity index (χ3n) is 9.58. The molecular weight excluding hydrogens is 536 g/mol. The standard InChI is InChI=1S/C31H40N6O5/c1-5-15-34-16-9-13-30(6-2)24(27(34)39)25-28(40)37(23(18-38)20(3)4)26-29(41)35(17-10-14-31(25,26)42-30)19-36-22-12-8-7-11-21(22)32-33-36/h7-14,20,23-26,38H,5-6,15-19H2,1-4H3/t23-,24+,25-,26?,30-,31-/m0/s1. The van der Waals surface area contributed by atoms with Gasteiger partial charge in [0.05, 0.1) is 35.6 Å². The molecule has 1 spiro atoms. The molecule has 2 fully saturated rings. The SMILES string of the molecule is CCCN1CC=C[C@]2(CC)O[C@]34C=CCN(Cn5nnc6ccccc65)C(=O)C3N([C@@H](CO)C(C)C)C(=O)[C@@H]4[C@@H]2C1=O. The zero-order chi connectivity index (χ0) is 29.8. The summed E-state index contributed by atoms with van der Waals surface area (Å²) in [4.78, 5) is 48.6. The van der Waals surface area contributed by atoms with Crippen LogP contribution in [0.4, 0.5) is 0 Å². The lowest BCUT2D eigenvalue weighted by Crippen LogP contribution is -2.60. The predicted octanol–water partition coefficient (Wildman–Crippen LogP) is 1.97. The summed E-state index contributed by atoms with van der Waals surface area (Å²) in [5.74, 6) is -2.58. The monoisotopic (exact) mass is 576 g/mol. The van der Waals surface area contributed by atoms with Crippen LogP contribution in [0.15, 0.2) is 48.6 Å². The van der Waals surface area contributed by atoms with Crippen molar-refractivity contribution in [2.45, 2.75) is 70.5 Å². The van der Waals surface area contributed by atoms with Gasteiger partial charge in [-0.05, 0) is 30.9 Å². The molecule has 6 atom stereocenters. The Morgan fingerprint density at radius 3 is 2.45 bits per heavy atom. The minimum atomic E-state index is -1.37. The van der Waals surface area contributed by atoms with Crippen LogP contribution in [0.25, 0.3) is 11.0 Å². The van der Waals surface area contributed by atoms with Crippen molar-refractivity contribution in [3.63, 3.8) is 0 Å². The highest BCUT2D eigenvalue weighted by Gasteiger charge is 2.76. The van der Waals surface area contributed by atoms with E-state index in [1.54, 1.807) is 14.5 Å². The van der Waals surface area contributed by atoms with Crippen molar-refractivity contribution in [3.8, 4) is 0 Å². The van der Waals surface area contributed by atoms with E-state index in [-0.39, 0.29) is 43.5 Å². The Hall–Kier alpha value is -3.57. The van der Waals surface area contributed by atoms with Gasteiger partial charge in [0.1, 0.15) is 23.8 Å². The molecule has 5 heterocycles. The van der Waals surface area contributed by atoms with Gasteiger partial charge >= 0.3 is 0 Å². The number of amides is 3. The maximum atomic E-state index is 14.7. The number of fused-ring (bicyclic) bond motifs is 3. The van der Waals surface area contributed by atoms with Gasteiger partial charge in [-0.2, -0.15) is 0 Å². The van der Waals surface area contributed by atoms with Crippen LogP contribution in [0.3, 0.4) is 0 Å². The van der Waals surface area contributed by atoms with E-state index in [0.717, 1.165) is 17.5 Å². The number of rotatable bonds is 8. The van der Waals surface area contributed by atoms with Crippen molar-refractivity contribution in [2.75, 3.05) is 26.2 Å². The fourth-order valence-electron chi connectivity index (χ4n) is 7.56. The van der Waals surface area contributed by atoms with Crippen molar-refractivity contribution in [1.82, 2.24) is 29.7 Å². The fraction of sp³-hybridized carbons (Fsp3) is 0.581. The number of carbonyl (C=O) groups is 3. The van der Waals surface area contributed by atoms with Crippen molar-refractivity contribution in [2.24, 2.45) is 17.8 Å². The third kappa shape index (κ3) is 4.04. The second-order valence-electron chi connectivity index (χ2n) is 12.2. The zero-order valence-corrected chi connectivity index (χ0v) is 24.7. The van der Waals surface area contributed by atoms with Gasteiger partial charge < -0.3 is 24.5 Å². The lowest BCUT2D eigenvalue weighted by molar-refractivity contribution is -0.159. The van der Waals surface area contributed by atoms with E-state index in [0.29, 0.717) is 19.5 Å². The fourth-order valence-corrected chi connectivity index (χ4v) is 7.56. The molecule has 0 radical (unpaired) electrons. The van der Waals surface area contributed by atoms with Gasteiger partial charge in [-0.1, -0.05) is 69.3 Å². The molecule has 6 rings (SSSR count). The Bertz CT molecular complexity index is 1450. The van der Waals surface area contributed by atoms with Crippen LogP contribution < -0.4 is 0 Å². The first-order valence-electron chi connectivity index (χ1n) is 15.1. The first-order chi connectivity index (χ1) is 20.2. The number of aromatic nitrogens is 3. The average molecular weight is 577 g/mol. The van der Waals surface area contributed by atoms with Gasteiger partial charge in [0.15, 0.2) is 0 Å². The van der Waals surface area contributed by atoms with Crippen molar-refractivity contribution < 1.29 is 24.2 Å². The van der Waals surface area contributed by atoms with Gasteiger partial charge in [0, 0.05) is 19.6 Å². The van der Waals surface area contributed by atoms with Crippen LogP contribution in [-0.4, -0.2) is 102 Å². The molecule has 224 valence electrons. The Kier molecular flexibility index (Phi) is 7.21. The van der Waals surface area contributed by atoms with E-state index in [2.05, 4.69) is 10.3 Å². The van der Waals surface area contributed by atoms with Crippen molar-refractivity contribution in [1.29, 1.82) is 0 Å². The number of para-hydroxylation sites is 1. The molecule has 0 saturated carbocycles. The number of benzene rings is 1. The van der Waals surface area contributed by atoms with Crippen LogP contribution in [-0.2, 0) is 25.8 Å². The zero-order valence-electron chi connectivity index (χ0n) is 24.7. The number of likely N-dealkylation sites (tertiary alicyclic amines) is 1. The molecule has 0 aliphatic carbocycles. The molecule has 1 N–H and O–H groups in total. The summed E-state index contributed by atoms with van der Waals surface area (Å²) in [5.41, 5.74) is -0.891. The van der Waals surface area contributed by atoms with Gasteiger partial charge in [-0.25, -0.2) is 4.68 Å². The molecule has 11 heteroatoms. The van der Waals surface area contributed by atoms with Gasteiger partial charge in [-0.15, -0.1) is 5.10 Å². The smallest absolute Gasteiger partial charge is 0.250 e. The molecule has 3 amide bonds. The normalized spacial score (nSPS) is 31.5. The van der Waals surface area contributed by atoms with Gasteiger partial charge in [-0.3, -0.25) is 14.4 Å². The van der Waals surface area contributed by atoms with Crippen LogP contribution in [0, 0.1) is 17.8 Å². The number of aliphatic hydroxyl groups is 1. The Balaban J connectivity index is 1.47. The van der Waals surface area contributed by atoms with E-state index < -0.39 is 35.1 Å². The maximum absolute atomic E-state index is 14.7. The summed E-state index contributed by atoms with van der Waals surface area (Å²) in [7, 11) is 0. The minimum absolute atomic E-state index is 0.124. The Labute approximate surface area is 245 Å². The summed E-state index contributed by atoms with van der Waals surface area (Å²) in [6.45, 7) is 8.93. The van der Waals surface area contributed by atoms with Crippen LogP contribution in [0.2, 0.25) is 0 Å². The van der Waals surface area contributed by atoms with Gasteiger partial charge in [0.25, 0.3) is 5.91 Å². The van der Waals surface area contributed by atoms with E-state index in [1.807, 2.05) is 76.3 Å².